The summed E-state index contributed by atoms with van der Waals surface area (Å²) < 4.78 is 1.73. The van der Waals surface area contributed by atoms with Gasteiger partial charge in [0.05, 0.1) is 6.20 Å². The number of Topliss-reactive ketones (excluding diaryl/α,β-unsaturated/α-hetero) is 1. The summed E-state index contributed by atoms with van der Waals surface area (Å²) in [6.45, 7) is 0. The number of hydrogen-bond donors (Lipinski definition) is 1. The second-order valence-corrected chi connectivity index (χ2v) is 7.39. The molecule has 1 aromatic carbocycles. The minimum Gasteiger partial charge on any atom is -0.349 e. The minimum atomic E-state index is -0.257. The minimum absolute atomic E-state index is 0.0164. The molecule has 0 bridgehead atoms. The van der Waals surface area contributed by atoms with Crippen LogP contribution in [0.4, 0.5) is 0 Å². The summed E-state index contributed by atoms with van der Waals surface area (Å²) in [4.78, 5) is 28.9. The highest BCUT2D eigenvalue weighted by atomic mass is 16.1. The van der Waals surface area contributed by atoms with Crippen LogP contribution >= 0.6 is 0 Å². The Morgan fingerprint density at radius 3 is 2.66 bits per heavy atom. The predicted octanol–water partition coefficient (Wildman–Crippen LogP) is 3.83. The van der Waals surface area contributed by atoms with Crippen molar-refractivity contribution in [3.8, 4) is 11.8 Å². The summed E-state index contributed by atoms with van der Waals surface area (Å²) in [5.74, 6) is 5.34. The highest BCUT2D eigenvalue weighted by Crippen LogP contribution is 2.18. The molecule has 0 saturated heterocycles. The van der Waals surface area contributed by atoms with Gasteiger partial charge in [-0.2, -0.15) is 0 Å². The Morgan fingerprint density at radius 2 is 1.86 bits per heavy atom. The molecule has 0 aliphatic heterocycles. The van der Waals surface area contributed by atoms with E-state index in [-0.39, 0.29) is 11.7 Å². The van der Waals surface area contributed by atoms with Gasteiger partial charge in [-0.3, -0.25) is 14.0 Å². The quantitative estimate of drug-likeness (QED) is 0.422. The maximum absolute atomic E-state index is 12.4. The Bertz CT molecular complexity index is 1080. The van der Waals surface area contributed by atoms with Gasteiger partial charge in [-0.05, 0) is 48.6 Å². The molecule has 0 unspecified atom stereocenters. The Hall–Kier alpha value is -3.39. The van der Waals surface area contributed by atoms with Crippen molar-refractivity contribution in [3.05, 3.63) is 71.7 Å². The van der Waals surface area contributed by atoms with Crippen LogP contribution in [0.25, 0.3) is 5.65 Å². The molecule has 5 nitrogen and oxygen atoms in total. The number of amides is 1. The Kier molecular flexibility index (Phi) is 5.71. The van der Waals surface area contributed by atoms with Gasteiger partial charge >= 0.3 is 0 Å². The first kappa shape index (κ1) is 18.9. The summed E-state index contributed by atoms with van der Waals surface area (Å²) in [5, 5.41) is 3.12. The number of pyridine rings is 1. The third-order valence-electron chi connectivity index (χ3n) is 5.30. The molecule has 146 valence electrons. The molecular formula is C24H23N3O2. The Morgan fingerprint density at radius 1 is 1.07 bits per heavy atom. The average Bonchev–Trinajstić information content (AvgIpc) is 3.19. The molecule has 2 aromatic heterocycles. The second kappa shape index (κ2) is 8.74. The summed E-state index contributed by atoms with van der Waals surface area (Å²) in [7, 11) is 0. The van der Waals surface area contributed by atoms with E-state index in [1.54, 1.807) is 16.8 Å². The predicted molar refractivity (Wildman–Crippen MR) is 112 cm³/mol. The first-order chi connectivity index (χ1) is 14.2. The Labute approximate surface area is 170 Å². The van der Waals surface area contributed by atoms with Crippen molar-refractivity contribution in [3.63, 3.8) is 0 Å². The third-order valence-corrected chi connectivity index (χ3v) is 5.30. The number of carbonyl (C=O) groups is 2. The highest BCUT2D eigenvalue weighted by molar-refractivity contribution is 6.08. The molecule has 4 rings (SSSR count). The number of nitrogens with one attached hydrogen (secondary N) is 1. The lowest BCUT2D eigenvalue weighted by molar-refractivity contribution is 0.0927. The van der Waals surface area contributed by atoms with Gasteiger partial charge in [-0.25, -0.2) is 4.98 Å². The van der Waals surface area contributed by atoms with Gasteiger partial charge < -0.3 is 5.32 Å². The first-order valence-corrected chi connectivity index (χ1v) is 10.1. The smallest absolute Gasteiger partial charge is 0.254 e. The van der Waals surface area contributed by atoms with E-state index < -0.39 is 0 Å². The van der Waals surface area contributed by atoms with E-state index >= 15 is 0 Å². The highest BCUT2D eigenvalue weighted by Gasteiger charge is 2.16. The fraction of sp³-hybridized carbons (Fsp3) is 0.292. The largest absolute Gasteiger partial charge is 0.349 e. The normalized spacial score (nSPS) is 14.2. The fourth-order valence-corrected chi connectivity index (χ4v) is 3.68. The molecule has 1 fully saturated rings. The molecule has 1 aliphatic rings. The van der Waals surface area contributed by atoms with Crippen LogP contribution in [0.3, 0.4) is 0 Å². The van der Waals surface area contributed by atoms with Gasteiger partial charge in [0.1, 0.15) is 11.3 Å². The molecule has 0 radical (unpaired) electrons. The standard InChI is InChI=1S/C24H23N3O2/c28-22(21-17-25-23-11-4-5-16-27(21)23)10-6-7-18-12-14-19(15-13-18)24(29)26-20-8-2-1-3-9-20/h4-5,11-17,20H,1-3,7-9H2,(H,26,29). The molecule has 1 aliphatic carbocycles. The molecule has 0 spiro atoms. The zero-order valence-electron chi connectivity index (χ0n) is 16.2. The number of nitrogens with zero attached hydrogens (tertiary/aromatic N) is 2. The number of aromatic nitrogens is 2. The summed E-state index contributed by atoms with van der Waals surface area (Å²) in [6, 6.07) is 13.3. The maximum atomic E-state index is 12.4. The lowest BCUT2D eigenvalue weighted by atomic mass is 9.95. The van der Waals surface area contributed by atoms with Crippen molar-refractivity contribution in [1.29, 1.82) is 0 Å². The van der Waals surface area contributed by atoms with Gasteiger partial charge in [0.15, 0.2) is 0 Å². The van der Waals surface area contributed by atoms with Crippen molar-refractivity contribution >= 4 is 17.3 Å². The van der Waals surface area contributed by atoms with Crippen molar-refractivity contribution < 1.29 is 9.59 Å². The number of ketones is 1. The zero-order chi connectivity index (χ0) is 20.1. The Balaban J connectivity index is 1.36. The van der Waals surface area contributed by atoms with Crippen LogP contribution in [0.15, 0.2) is 54.9 Å². The van der Waals surface area contributed by atoms with E-state index in [0.717, 1.165) is 24.1 Å². The molecule has 3 aromatic rings. The van der Waals surface area contributed by atoms with E-state index in [9.17, 15) is 9.59 Å². The SMILES string of the molecule is O=C(NC1CCCCC1)c1ccc(CC#CC(=O)c2cnc3ccccn23)cc1. The van der Waals surface area contributed by atoms with Gasteiger partial charge in [-0.1, -0.05) is 43.4 Å². The molecule has 1 N–H and O–H groups in total. The molecule has 1 saturated carbocycles. The topological polar surface area (TPSA) is 63.5 Å². The van der Waals surface area contributed by atoms with Crippen LogP contribution in [0, 0.1) is 11.8 Å². The van der Waals surface area contributed by atoms with Crippen LogP contribution in [0.1, 0.15) is 58.5 Å². The maximum Gasteiger partial charge on any atom is 0.254 e. The number of imidazole rings is 1. The molecule has 1 amide bonds. The number of hydrogen-bond acceptors (Lipinski definition) is 3. The van der Waals surface area contributed by atoms with E-state index in [1.165, 1.54) is 19.3 Å². The molecular weight excluding hydrogens is 362 g/mol. The van der Waals surface area contributed by atoms with Crippen molar-refractivity contribution in [2.24, 2.45) is 0 Å². The zero-order valence-corrected chi connectivity index (χ0v) is 16.2. The second-order valence-electron chi connectivity index (χ2n) is 7.39. The molecule has 0 atom stereocenters. The van der Waals surface area contributed by atoms with E-state index in [0.29, 0.717) is 23.7 Å². The summed E-state index contributed by atoms with van der Waals surface area (Å²) >= 11 is 0. The van der Waals surface area contributed by atoms with E-state index in [4.69, 9.17) is 0 Å². The van der Waals surface area contributed by atoms with Crippen molar-refractivity contribution in [2.45, 2.75) is 44.6 Å². The van der Waals surface area contributed by atoms with Gasteiger partial charge in [0.25, 0.3) is 11.7 Å². The molecule has 2 heterocycles. The fourth-order valence-electron chi connectivity index (χ4n) is 3.68. The van der Waals surface area contributed by atoms with Crippen molar-refractivity contribution in [1.82, 2.24) is 14.7 Å². The van der Waals surface area contributed by atoms with Gasteiger partial charge in [-0.15, -0.1) is 0 Å². The van der Waals surface area contributed by atoms with E-state index in [2.05, 4.69) is 22.1 Å². The van der Waals surface area contributed by atoms with Crippen molar-refractivity contribution in [2.75, 3.05) is 0 Å². The van der Waals surface area contributed by atoms with E-state index in [1.807, 2.05) is 42.5 Å². The van der Waals surface area contributed by atoms with Crippen LogP contribution in [-0.4, -0.2) is 27.1 Å². The van der Waals surface area contributed by atoms with Crippen LogP contribution in [0.5, 0.6) is 0 Å². The summed E-state index contributed by atoms with van der Waals surface area (Å²) in [5.41, 5.74) is 2.81. The lowest BCUT2D eigenvalue weighted by Crippen LogP contribution is -2.36. The van der Waals surface area contributed by atoms with Crippen LogP contribution in [0.2, 0.25) is 0 Å². The molecule has 29 heavy (non-hydrogen) atoms. The first-order valence-electron chi connectivity index (χ1n) is 10.1. The summed E-state index contributed by atoms with van der Waals surface area (Å²) in [6.07, 6.45) is 9.59. The lowest BCUT2D eigenvalue weighted by Gasteiger charge is -2.22. The van der Waals surface area contributed by atoms with Gasteiger partial charge in [0.2, 0.25) is 0 Å². The third kappa shape index (κ3) is 4.55. The molecule has 5 heteroatoms. The number of carbonyl (C=O) groups excluding carboxylic acids is 2. The number of benzene rings is 1. The average molecular weight is 385 g/mol. The van der Waals surface area contributed by atoms with Crippen LogP contribution in [-0.2, 0) is 6.42 Å². The van der Waals surface area contributed by atoms with Gasteiger partial charge in [0, 0.05) is 24.2 Å². The monoisotopic (exact) mass is 385 g/mol. The number of fused-ring (bicyclic) bond motifs is 1. The number of rotatable bonds is 4. The van der Waals surface area contributed by atoms with Crippen LogP contribution < -0.4 is 5.32 Å².